The molecule has 1 atom stereocenters. The van der Waals surface area contributed by atoms with Crippen LogP contribution in [0.25, 0.3) is 0 Å². The van der Waals surface area contributed by atoms with Crippen molar-refractivity contribution >= 4 is 5.91 Å². The van der Waals surface area contributed by atoms with Gasteiger partial charge in [-0.25, -0.2) is 4.98 Å². The molecule has 1 unspecified atom stereocenters. The van der Waals surface area contributed by atoms with E-state index in [4.69, 9.17) is 0 Å². The number of amides is 1. The Morgan fingerprint density at radius 2 is 1.78 bits per heavy atom. The number of carbonyl (C=O) groups is 1. The average molecular weight is 454 g/mol. The van der Waals surface area contributed by atoms with Crippen LogP contribution in [0.1, 0.15) is 24.2 Å². The first-order chi connectivity index (χ1) is 15.2. The van der Waals surface area contributed by atoms with Crippen LogP contribution in [-0.2, 0) is 24.0 Å². The highest BCUT2D eigenvalue weighted by molar-refractivity contribution is 5.77. The molecule has 0 radical (unpaired) electrons. The highest BCUT2D eigenvalue weighted by atomic mass is 19.4. The number of carbonyl (C=O) groups excluding carboxylic acids is 1. The first kappa shape index (κ1) is 24.2. The summed E-state index contributed by atoms with van der Waals surface area (Å²) in [6.45, 7) is 5.64. The van der Waals surface area contributed by atoms with Gasteiger partial charge in [0.05, 0.1) is 6.42 Å². The van der Waals surface area contributed by atoms with Gasteiger partial charge in [-0.3, -0.25) is 9.69 Å². The number of alkyl halides is 3. The van der Waals surface area contributed by atoms with E-state index in [9.17, 15) is 23.1 Å². The average Bonchev–Trinajstić information content (AvgIpc) is 3.19. The van der Waals surface area contributed by atoms with Crippen LogP contribution in [-0.4, -0.2) is 75.8 Å². The molecule has 1 aromatic heterocycles. The highest BCUT2D eigenvalue weighted by Crippen LogP contribution is 2.40. The summed E-state index contributed by atoms with van der Waals surface area (Å²) in [5.74, 6) is -1.46. The highest BCUT2D eigenvalue weighted by Gasteiger charge is 2.58. The van der Waals surface area contributed by atoms with E-state index in [2.05, 4.69) is 32.2 Å². The molecular weight excluding hydrogens is 423 g/mol. The van der Waals surface area contributed by atoms with E-state index in [1.807, 2.05) is 18.2 Å². The van der Waals surface area contributed by atoms with Gasteiger partial charge in [0.1, 0.15) is 0 Å². The lowest BCUT2D eigenvalue weighted by molar-refractivity contribution is -0.271. The van der Waals surface area contributed by atoms with Crippen molar-refractivity contribution in [1.82, 2.24) is 24.7 Å². The summed E-state index contributed by atoms with van der Waals surface area (Å²) in [7, 11) is 1.34. The number of hydrogen-bond donors (Lipinski definition) is 2. The molecule has 10 heteroatoms. The van der Waals surface area contributed by atoms with Crippen LogP contribution in [0.5, 0.6) is 0 Å². The van der Waals surface area contributed by atoms with Crippen LogP contribution in [0.2, 0.25) is 0 Å². The molecule has 1 amide bonds. The Kier molecular flexibility index (Phi) is 7.91. The van der Waals surface area contributed by atoms with E-state index in [1.165, 1.54) is 18.8 Å². The summed E-state index contributed by atoms with van der Waals surface area (Å²) in [5, 5.41) is 12.8. The SMILES string of the molecule is Cn1ccnc1C(O)(CC(=O)NCCCN1CCN(Cc2ccccc2)CC1)C(F)(F)F. The summed E-state index contributed by atoms with van der Waals surface area (Å²) in [5.41, 5.74) is -2.04. The molecule has 3 rings (SSSR count). The van der Waals surface area contributed by atoms with Crippen LogP contribution < -0.4 is 5.32 Å². The number of aliphatic hydroxyl groups is 1. The Balaban J connectivity index is 1.38. The molecule has 1 aromatic carbocycles. The molecule has 2 aromatic rings. The summed E-state index contributed by atoms with van der Waals surface area (Å²) >= 11 is 0. The third-order valence-electron chi connectivity index (χ3n) is 5.76. The summed E-state index contributed by atoms with van der Waals surface area (Å²) in [6, 6.07) is 10.3. The zero-order valence-electron chi connectivity index (χ0n) is 18.2. The molecule has 0 spiro atoms. The van der Waals surface area contributed by atoms with E-state index in [1.54, 1.807) is 0 Å². The van der Waals surface area contributed by atoms with Crippen LogP contribution in [0.4, 0.5) is 13.2 Å². The van der Waals surface area contributed by atoms with Crippen molar-refractivity contribution in [3.05, 3.63) is 54.1 Å². The third kappa shape index (κ3) is 6.08. The van der Waals surface area contributed by atoms with Crippen molar-refractivity contribution in [2.24, 2.45) is 7.05 Å². The van der Waals surface area contributed by atoms with Gasteiger partial charge in [-0.15, -0.1) is 0 Å². The third-order valence-corrected chi connectivity index (χ3v) is 5.76. The predicted molar refractivity (Wildman–Crippen MR) is 114 cm³/mol. The van der Waals surface area contributed by atoms with Gasteiger partial charge in [-0.05, 0) is 18.5 Å². The summed E-state index contributed by atoms with van der Waals surface area (Å²) in [6.07, 6.45) is -3.08. The normalized spacial score (nSPS) is 17.8. The molecule has 0 saturated carbocycles. The minimum absolute atomic E-state index is 0.248. The second-order valence-corrected chi connectivity index (χ2v) is 8.20. The van der Waals surface area contributed by atoms with Crippen LogP contribution in [0.15, 0.2) is 42.7 Å². The molecule has 1 fully saturated rings. The quantitative estimate of drug-likeness (QED) is 0.568. The van der Waals surface area contributed by atoms with E-state index < -0.39 is 29.9 Å². The van der Waals surface area contributed by atoms with Gasteiger partial charge >= 0.3 is 6.18 Å². The lowest BCUT2D eigenvalue weighted by atomic mass is 9.97. The van der Waals surface area contributed by atoms with Crippen molar-refractivity contribution in [3.63, 3.8) is 0 Å². The Morgan fingerprint density at radius 3 is 2.38 bits per heavy atom. The van der Waals surface area contributed by atoms with Crippen molar-refractivity contribution in [2.75, 3.05) is 39.3 Å². The van der Waals surface area contributed by atoms with Gasteiger partial charge in [0, 0.05) is 58.7 Å². The van der Waals surface area contributed by atoms with E-state index in [0.717, 1.165) is 50.0 Å². The van der Waals surface area contributed by atoms with Gasteiger partial charge in [0.25, 0.3) is 0 Å². The van der Waals surface area contributed by atoms with E-state index in [-0.39, 0.29) is 6.54 Å². The van der Waals surface area contributed by atoms with Crippen molar-refractivity contribution < 1.29 is 23.1 Å². The number of benzene rings is 1. The summed E-state index contributed by atoms with van der Waals surface area (Å²) in [4.78, 5) is 20.4. The molecular formula is C22H30F3N5O2. The van der Waals surface area contributed by atoms with Crippen molar-refractivity contribution in [2.45, 2.75) is 31.2 Å². The number of piperazine rings is 1. The number of nitrogens with zero attached hydrogens (tertiary/aromatic N) is 4. The lowest BCUT2D eigenvalue weighted by Gasteiger charge is -2.34. The van der Waals surface area contributed by atoms with Crippen LogP contribution in [0.3, 0.4) is 0 Å². The molecule has 1 aliphatic heterocycles. The number of imidazole rings is 1. The van der Waals surface area contributed by atoms with Gasteiger partial charge in [0.15, 0.2) is 5.82 Å². The van der Waals surface area contributed by atoms with Gasteiger partial charge in [-0.2, -0.15) is 13.2 Å². The van der Waals surface area contributed by atoms with Crippen molar-refractivity contribution in [3.8, 4) is 0 Å². The van der Waals surface area contributed by atoms with Crippen LogP contribution in [0, 0.1) is 0 Å². The maximum atomic E-state index is 13.5. The molecule has 0 aliphatic carbocycles. The molecule has 32 heavy (non-hydrogen) atoms. The number of rotatable bonds is 9. The molecule has 0 bridgehead atoms. The lowest BCUT2D eigenvalue weighted by Crippen LogP contribution is -2.48. The van der Waals surface area contributed by atoms with Gasteiger partial charge < -0.3 is 19.9 Å². The standard InChI is InChI=1S/C22H30F3N5O2/c1-28-11-9-27-20(28)21(32,22(23,24)25)16-19(31)26-8-5-10-29-12-14-30(15-13-29)17-18-6-3-2-4-7-18/h2-4,6-7,9,11,32H,5,8,10,12-17H2,1H3,(H,26,31). The topological polar surface area (TPSA) is 73.6 Å². The number of halogens is 3. The fourth-order valence-corrected chi connectivity index (χ4v) is 3.91. The molecule has 2 heterocycles. The fourth-order valence-electron chi connectivity index (χ4n) is 3.91. The second-order valence-electron chi connectivity index (χ2n) is 8.20. The largest absolute Gasteiger partial charge is 0.425 e. The van der Waals surface area contributed by atoms with Gasteiger partial charge in [0.2, 0.25) is 11.5 Å². The zero-order valence-corrected chi connectivity index (χ0v) is 18.2. The Labute approximate surface area is 185 Å². The minimum Gasteiger partial charge on any atom is -0.374 e. The maximum absolute atomic E-state index is 13.5. The molecule has 7 nitrogen and oxygen atoms in total. The predicted octanol–water partition coefficient (Wildman–Crippen LogP) is 1.88. The van der Waals surface area contributed by atoms with E-state index >= 15 is 0 Å². The van der Waals surface area contributed by atoms with Crippen molar-refractivity contribution in [1.29, 1.82) is 0 Å². The summed E-state index contributed by atoms with van der Waals surface area (Å²) < 4.78 is 41.6. The molecule has 1 aliphatic rings. The smallest absolute Gasteiger partial charge is 0.374 e. The number of nitrogens with one attached hydrogen (secondary N) is 1. The number of aryl methyl sites for hydroxylation is 1. The maximum Gasteiger partial charge on any atom is 0.425 e. The Bertz CT molecular complexity index is 866. The molecule has 2 N–H and O–H groups in total. The Hall–Kier alpha value is -2.43. The minimum atomic E-state index is -5.02. The number of hydrogen-bond acceptors (Lipinski definition) is 5. The monoisotopic (exact) mass is 453 g/mol. The zero-order chi connectivity index (χ0) is 23.2. The first-order valence-electron chi connectivity index (χ1n) is 10.7. The second kappa shape index (κ2) is 10.5. The first-order valence-corrected chi connectivity index (χ1v) is 10.7. The Morgan fingerprint density at radius 1 is 1.12 bits per heavy atom. The van der Waals surface area contributed by atoms with E-state index in [0.29, 0.717) is 6.42 Å². The number of aromatic nitrogens is 2. The van der Waals surface area contributed by atoms with Crippen LogP contribution >= 0.6 is 0 Å². The fraction of sp³-hybridized carbons (Fsp3) is 0.545. The molecule has 176 valence electrons. The van der Waals surface area contributed by atoms with Gasteiger partial charge in [-0.1, -0.05) is 30.3 Å². The molecule has 1 saturated heterocycles.